The van der Waals surface area contributed by atoms with Crippen LogP contribution in [0.1, 0.15) is 50.1 Å². The van der Waals surface area contributed by atoms with Crippen LogP contribution in [-0.4, -0.2) is 8.07 Å². The normalized spacial score (nSPS) is 14.4. The molecule has 3 heteroatoms. The first-order chi connectivity index (χ1) is 31.8. The minimum Gasteiger partial charge on any atom is -0.310 e. The second-order valence-corrected chi connectivity index (χ2v) is 25.5. The third-order valence-electron chi connectivity index (χ3n) is 14.8. The molecule has 0 saturated heterocycles. The topological polar surface area (TPSA) is 3.24 Å². The molecule has 2 spiro atoms. The monoisotopic (exact) mass is 865 g/mol. The SMILES string of the molecule is Cc1ccc2sc(-c3ccc(N(c4ccc([Si](C)(C)C)cc4)c4ccc5c(c4)-c4ccccc4C54c5ccccc5C5(c6ccccc6-c6ccccc65)c5ccccc54)cc3)cc2c1. The van der Waals surface area contributed by atoms with E-state index in [1.165, 1.54) is 98.0 Å². The maximum atomic E-state index is 2.48. The van der Waals surface area contributed by atoms with Crippen molar-refractivity contribution < 1.29 is 0 Å². The Morgan fingerprint density at radius 1 is 0.385 bits per heavy atom. The van der Waals surface area contributed by atoms with Crippen molar-refractivity contribution in [3.63, 3.8) is 0 Å². The summed E-state index contributed by atoms with van der Waals surface area (Å²) in [5, 5.41) is 2.77. The summed E-state index contributed by atoms with van der Waals surface area (Å²) in [6.07, 6.45) is 0. The van der Waals surface area contributed by atoms with E-state index in [-0.39, 0.29) is 0 Å². The second kappa shape index (κ2) is 14.0. The van der Waals surface area contributed by atoms with Crippen LogP contribution in [0, 0.1) is 6.92 Å². The fourth-order valence-electron chi connectivity index (χ4n) is 12.0. The van der Waals surface area contributed by atoms with Gasteiger partial charge in [0.25, 0.3) is 0 Å². The predicted octanol–water partition coefficient (Wildman–Crippen LogP) is 15.9. The summed E-state index contributed by atoms with van der Waals surface area (Å²) in [5.74, 6) is 0. The van der Waals surface area contributed by atoms with Gasteiger partial charge in [0, 0.05) is 26.6 Å². The van der Waals surface area contributed by atoms with Crippen LogP contribution >= 0.6 is 11.3 Å². The van der Waals surface area contributed by atoms with Crippen LogP contribution in [0.3, 0.4) is 0 Å². The van der Waals surface area contributed by atoms with Gasteiger partial charge in [-0.05, 0) is 133 Å². The zero-order chi connectivity index (χ0) is 43.7. The third-order valence-corrected chi connectivity index (χ3v) is 18.0. The standard InChI is InChI=1S/C62H47NSSi/c1-40-25-36-59-42(37-40)38-60(64-59)41-26-28-43(29-27-41)63(44-30-33-46(34-31-44)65(2,3)4)45-32-35-54-50(39-45)49-17-7-10-20-53(49)62(54)57-23-13-11-21-55(57)61(56-22-12-14-24-58(56)62)51-18-8-5-15-47(51)48-16-6-9-19-52(48)61/h5-39H,1-4H3. The van der Waals surface area contributed by atoms with E-state index in [2.05, 4.69) is 244 Å². The summed E-state index contributed by atoms with van der Waals surface area (Å²) >= 11 is 1.87. The summed E-state index contributed by atoms with van der Waals surface area (Å²) in [7, 11) is -1.52. The van der Waals surface area contributed by atoms with Crippen LogP contribution in [-0.2, 0) is 10.8 Å². The Kier molecular flexibility index (Phi) is 8.26. The molecule has 3 aliphatic rings. The van der Waals surface area contributed by atoms with E-state index in [9.17, 15) is 0 Å². The molecule has 0 aliphatic heterocycles. The lowest BCUT2D eigenvalue weighted by Gasteiger charge is -2.48. The summed E-state index contributed by atoms with van der Waals surface area (Å²) < 4.78 is 1.33. The van der Waals surface area contributed by atoms with Gasteiger partial charge in [-0.25, -0.2) is 0 Å². The van der Waals surface area contributed by atoms with Gasteiger partial charge in [-0.3, -0.25) is 0 Å². The Labute approximate surface area is 387 Å². The minimum absolute atomic E-state index is 0.455. The second-order valence-electron chi connectivity index (χ2n) is 19.3. The zero-order valence-electron chi connectivity index (χ0n) is 37.1. The van der Waals surface area contributed by atoms with Crippen molar-refractivity contribution in [2.75, 3.05) is 4.90 Å². The van der Waals surface area contributed by atoms with E-state index in [0.717, 1.165) is 17.1 Å². The number of benzene rings is 9. The highest BCUT2D eigenvalue weighted by molar-refractivity contribution is 7.22. The number of fused-ring (bicyclic) bond motifs is 17. The van der Waals surface area contributed by atoms with Crippen LogP contribution in [0.4, 0.5) is 17.1 Å². The van der Waals surface area contributed by atoms with Gasteiger partial charge in [-0.1, -0.05) is 194 Å². The molecule has 0 bridgehead atoms. The van der Waals surface area contributed by atoms with Crippen LogP contribution in [0.15, 0.2) is 212 Å². The summed E-state index contributed by atoms with van der Waals surface area (Å²) in [5.41, 5.74) is 21.1. The molecular formula is C62H47NSSi. The molecule has 3 aliphatic carbocycles. The Balaban J connectivity index is 1.02. The maximum absolute atomic E-state index is 2.48. The highest BCUT2D eigenvalue weighted by Gasteiger charge is 2.58. The van der Waals surface area contributed by atoms with E-state index in [1.807, 2.05) is 11.3 Å². The van der Waals surface area contributed by atoms with E-state index in [1.54, 1.807) is 0 Å². The predicted molar refractivity (Wildman–Crippen MR) is 278 cm³/mol. The molecule has 65 heavy (non-hydrogen) atoms. The lowest BCUT2D eigenvalue weighted by molar-refractivity contribution is 0.633. The van der Waals surface area contributed by atoms with Crippen molar-refractivity contribution in [1.82, 2.24) is 0 Å². The Hall–Kier alpha value is -7.04. The number of nitrogens with zero attached hydrogens (tertiary/aromatic N) is 1. The molecule has 0 radical (unpaired) electrons. The van der Waals surface area contributed by atoms with Crippen molar-refractivity contribution in [2.24, 2.45) is 0 Å². The number of hydrogen-bond donors (Lipinski definition) is 0. The molecule has 10 aromatic rings. The largest absolute Gasteiger partial charge is 0.310 e. The fourth-order valence-corrected chi connectivity index (χ4v) is 14.2. The van der Waals surface area contributed by atoms with Crippen LogP contribution in [0.5, 0.6) is 0 Å². The average molecular weight is 866 g/mol. The summed E-state index contributed by atoms with van der Waals surface area (Å²) in [4.78, 5) is 3.76. The number of anilines is 3. The van der Waals surface area contributed by atoms with E-state index in [4.69, 9.17) is 0 Å². The minimum atomic E-state index is -1.52. The molecule has 0 N–H and O–H groups in total. The summed E-state index contributed by atoms with van der Waals surface area (Å²) in [6, 6.07) is 81.3. The Morgan fingerprint density at radius 3 is 1.32 bits per heavy atom. The molecule has 0 fully saturated rings. The van der Waals surface area contributed by atoms with Gasteiger partial charge in [0.1, 0.15) is 0 Å². The number of aryl methyl sites for hydroxylation is 1. The quantitative estimate of drug-likeness (QED) is 0.156. The molecule has 1 aromatic heterocycles. The van der Waals surface area contributed by atoms with Crippen LogP contribution in [0.2, 0.25) is 19.6 Å². The first-order valence-corrected chi connectivity index (χ1v) is 27.2. The molecule has 1 heterocycles. The molecular weight excluding hydrogens is 819 g/mol. The van der Waals surface area contributed by atoms with Gasteiger partial charge in [-0.15, -0.1) is 11.3 Å². The highest BCUT2D eigenvalue weighted by Crippen LogP contribution is 2.67. The van der Waals surface area contributed by atoms with Crippen molar-refractivity contribution in [3.8, 4) is 32.7 Å². The zero-order valence-corrected chi connectivity index (χ0v) is 38.9. The van der Waals surface area contributed by atoms with E-state index < -0.39 is 18.9 Å². The molecule has 9 aromatic carbocycles. The fraction of sp³-hybridized carbons (Fsp3) is 0.0968. The van der Waals surface area contributed by atoms with Gasteiger partial charge in [0.2, 0.25) is 0 Å². The molecule has 310 valence electrons. The Morgan fingerprint density at radius 2 is 0.815 bits per heavy atom. The van der Waals surface area contributed by atoms with Crippen molar-refractivity contribution >= 4 is 51.7 Å². The average Bonchev–Trinajstić information content (AvgIpc) is 3.99. The van der Waals surface area contributed by atoms with Crippen molar-refractivity contribution in [1.29, 1.82) is 0 Å². The number of rotatable bonds is 5. The van der Waals surface area contributed by atoms with E-state index in [0.29, 0.717) is 0 Å². The first kappa shape index (κ1) is 38.4. The molecule has 1 nitrogen and oxygen atoms in total. The first-order valence-electron chi connectivity index (χ1n) is 22.9. The highest BCUT2D eigenvalue weighted by atomic mass is 32.1. The lowest BCUT2D eigenvalue weighted by Crippen LogP contribution is -2.43. The Bertz CT molecular complexity index is 3460. The summed E-state index contributed by atoms with van der Waals surface area (Å²) in [6.45, 7) is 9.45. The lowest BCUT2D eigenvalue weighted by atomic mass is 9.52. The van der Waals surface area contributed by atoms with Gasteiger partial charge in [0.05, 0.1) is 18.9 Å². The third kappa shape index (κ3) is 5.31. The molecule has 0 atom stereocenters. The van der Waals surface area contributed by atoms with Crippen molar-refractivity contribution in [3.05, 3.63) is 262 Å². The maximum Gasteiger partial charge on any atom is 0.0775 e. The van der Waals surface area contributed by atoms with Crippen LogP contribution < -0.4 is 10.1 Å². The van der Waals surface area contributed by atoms with Gasteiger partial charge < -0.3 is 4.90 Å². The molecule has 13 rings (SSSR count). The number of hydrogen-bond acceptors (Lipinski definition) is 2. The van der Waals surface area contributed by atoms with Gasteiger partial charge >= 0.3 is 0 Å². The molecule has 0 unspecified atom stereocenters. The van der Waals surface area contributed by atoms with Gasteiger partial charge in [-0.2, -0.15) is 0 Å². The van der Waals surface area contributed by atoms with Crippen molar-refractivity contribution in [2.45, 2.75) is 37.4 Å². The molecule has 0 saturated carbocycles. The number of thiophene rings is 1. The van der Waals surface area contributed by atoms with Crippen LogP contribution in [0.25, 0.3) is 42.8 Å². The van der Waals surface area contributed by atoms with Gasteiger partial charge in [0.15, 0.2) is 0 Å². The smallest absolute Gasteiger partial charge is 0.0775 e. The van der Waals surface area contributed by atoms with E-state index >= 15 is 0 Å². The molecule has 0 amide bonds.